The number of carboxylic acid groups (broad SMARTS) is 1. The van der Waals surface area contributed by atoms with Gasteiger partial charge >= 0.3 is 5.97 Å². The highest BCUT2D eigenvalue weighted by molar-refractivity contribution is 7.25. The van der Waals surface area contributed by atoms with Crippen molar-refractivity contribution in [1.82, 2.24) is 4.57 Å². The molecule has 1 N–H and O–H groups in total. The molecule has 4 aromatic rings. The molecule has 0 saturated carbocycles. The first-order valence-corrected chi connectivity index (χ1v) is 10.3. The molecule has 3 heterocycles. The van der Waals surface area contributed by atoms with Gasteiger partial charge in [-0.25, -0.2) is 4.79 Å². The molecule has 27 heavy (non-hydrogen) atoms. The Balaban J connectivity index is 1.83. The standard InChI is InChI=1S/C21H19NO3S2/c1-12(2)25-16-6-4-15(5-7-16)22-17(21(23)24)9-14-10-19(27-20(14)22)18-8-13(3)11-26-18/h4-12H,1-3H3,(H,23,24). The summed E-state index contributed by atoms with van der Waals surface area (Å²) in [4.78, 5) is 15.1. The fourth-order valence-corrected chi connectivity index (χ4v) is 5.20. The number of hydrogen-bond donors (Lipinski definition) is 1. The fraction of sp³-hybridized carbons (Fsp3) is 0.190. The number of carbonyl (C=O) groups is 1. The Labute approximate surface area is 165 Å². The minimum Gasteiger partial charge on any atom is -0.491 e. The second-order valence-corrected chi connectivity index (χ2v) is 8.63. The van der Waals surface area contributed by atoms with Gasteiger partial charge in [0, 0.05) is 20.8 Å². The minimum atomic E-state index is -0.936. The van der Waals surface area contributed by atoms with E-state index in [9.17, 15) is 9.90 Å². The van der Waals surface area contributed by atoms with Crippen molar-refractivity contribution >= 4 is 38.9 Å². The van der Waals surface area contributed by atoms with Crippen LogP contribution in [0.25, 0.3) is 25.7 Å². The molecule has 0 spiro atoms. The third-order valence-electron chi connectivity index (χ3n) is 4.14. The number of aryl methyl sites for hydroxylation is 1. The van der Waals surface area contributed by atoms with E-state index in [1.54, 1.807) is 28.7 Å². The van der Waals surface area contributed by atoms with Gasteiger partial charge < -0.3 is 9.84 Å². The summed E-state index contributed by atoms with van der Waals surface area (Å²) < 4.78 is 7.51. The molecule has 6 heteroatoms. The SMILES string of the molecule is Cc1csc(-c2cc3cc(C(=O)O)n(-c4ccc(OC(C)C)cc4)c3s2)c1. The van der Waals surface area contributed by atoms with Gasteiger partial charge in [0.15, 0.2) is 0 Å². The van der Waals surface area contributed by atoms with E-state index in [2.05, 4.69) is 24.4 Å². The van der Waals surface area contributed by atoms with Gasteiger partial charge in [-0.2, -0.15) is 0 Å². The zero-order chi connectivity index (χ0) is 19.1. The molecule has 4 nitrogen and oxygen atoms in total. The highest BCUT2D eigenvalue weighted by atomic mass is 32.1. The van der Waals surface area contributed by atoms with Crippen LogP contribution in [0.2, 0.25) is 0 Å². The molecular formula is C21H19NO3S2. The summed E-state index contributed by atoms with van der Waals surface area (Å²) >= 11 is 3.33. The van der Waals surface area contributed by atoms with Crippen molar-refractivity contribution in [2.45, 2.75) is 26.9 Å². The number of aromatic nitrogens is 1. The van der Waals surface area contributed by atoms with Crippen LogP contribution in [0.15, 0.2) is 47.8 Å². The maximum Gasteiger partial charge on any atom is 0.352 e. The van der Waals surface area contributed by atoms with E-state index in [0.29, 0.717) is 0 Å². The largest absolute Gasteiger partial charge is 0.491 e. The number of hydrogen-bond acceptors (Lipinski definition) is 4. The molecule has 0 aliphatic heterocycles. The molecule has 0 saturated heterocycles. The van der Waals surface area contributed by atoms with Crippen LogP contribution in [0.3, 0.4) is 0 Å². The second kappa shape index (κ2) is 6.87. The summed E-state index contributed by atoms with van der Waals surface area (Å²) in [6.07, 6.45) is 0.0952. The zero-order valence-electron chi connectivity index (χ0n) is 15.2. The normalized spacial score (nSPS) is 11.4. The van der Waals surface area contributed by atoms with Crippen LogP contribution in [0.4, 0.5) is 0 Å². The summed E-state index contributed by atoms with van der Waals surface area (Å²) in [7, 11) is 0. The van der Waals surface area contributed by atoms with Gasteiger partial charge in [0.2, 0.25) is 0 Å². The average molecular weight is 398 g/mol. The molecule has 0 aliphatic carbocycles. The highest BCUT2D eigenvalue weighted by Crippen LogP contribution is 2.39. The highest BCUT2D eigenvalue weighted by Gasteiger charge is 2.19. The van der Waals surface area contributed by atoms with E-state index in [1.807, 2.05) is 42.7 Å². The fourth-order valence-electron chi connectivity index (χ4n) is 3.04. The maximum atomic E-state index is 11.8. The van der Waals surface area contributed by atoms with Gasteiger partial charge in [0.1, 0.15) is 16.3 Å². The lowest BCUT2D eigenvalue weighted by molar-refractivity contribution is 0.0688. The molecule has 0 radical (unpaired) electrons. The number of rotatable bonds is 5. The molecule has 0 amide bonds. The first-order chi connectivity index (χ1) is 12.9. The van der Waals surface area contributed by atoms with E-state index in [1.165, 1.54) is 10.4 Å². The summed E-state index contributed by atoms with van der Waals surface area (Å²) in [5.41, 5.74) is 2.32. The number of aromatic carboxylic acids is 1. The lowest BCUT2D eigenvalue weighted by Crippen LogP contribution is -2.07. The van der Waals surface area contributed by atoms with E-state index in [4.69, 9.17) is 4.74 Å². The van der Waals surface area contributed by atoms with Crippen LogP contribution in [0, 0.1) is 6.92 Å². The lowest BCUT2D eigenvalue weighted by Gasteiger charge is -2.11. The zero-order valence-corrected chi connectivity index (χ0v) is 16.9. The summed E-state index contributed by atoms with van der Waals surface area (Å²) in [6.45, 7) is 6.04. The lowest BCUT2D eigenvalue weighted by atomic mass is 10.3. The minimum absolute atomic E-state index is 0.0952. The van der Waals surface area contributed by atoms with E-state index in [0.717, 1.165) is 26.5 Å². The second-order valence-electron chi connectivity index (χ2n) is 6.69. The van der Waals surface area contributed by atoms with Crippen molar-refractivity contribution in [1.29, 1.82) is 0 Å². The van der Waals surface area contributed by atoms with Crippen molar-refractivity contribution < 1.29 is 14.6 Å². The van der Waals surface area contributed by atoms with E-state index < -0.39 is 5.97 Å². The van der Waals surface area contributed by atoms with Gasteiger partial charge in [0.05, 0.1) is 6.10 Å². The molecule has 1 aromatic carbocycles. The first kappa shape index (κ1) is 17.8. The first-order valence-electron chi connectivity index (χ1n) is 8.63. The number of benzene rings is 1. The van der Waals surface area contributed by atoms with Gasteiger partial charge in [-0.05, 0) is 74.2 Å². The Bertz CT molecular complexity index is 1120. The number of thiophene rings is 2. The molecule has 3 aromatic heterocycles. The van der Waals surface area contributed by atoms with Crippen molar-refractivity contribution in [3.05, 3.63) is 59.1 Å². The van der Waals surface area contributed by atoms with Gasteiger partial charge in [-0.3, -0.25) is 4.57 Å². The molecule has 0 atom stereocenters. The third kappa shape index (κ3) is 3.38. The Morgan fingerprint density at radius 2 is 1.85 bits per heavy atom. The molecule has 0 aliphatic rings. The van der Waals surface area contributed by atoms with Gasteiger partial charge in [-0.1, -0.05) is 0 Å². The number of ether oxygens (including phenoxy) is 1. The van der Waals surface area contributed by atoms with E-state index in [-0.39, 0.29) is 11.8 Å². The molecule has 138 valence electrons. The monoisotopic (exact) mass is 397 g/mol. The predicted molar refractivity (Wildman–Crippen MR) is 112 cm³/mol. The van der Waals surface area contributed by atoms with Crippen LogP contribution in [-0.2, 0) is 0 Å². The summed E-state index contributed by atoms with van der Waals surface area (Å²) in [6, 6.07) is 13.5. The Kier molecular flexibility index (Phi) is 4.53. The van der Waals surface area contributed by atoms with Crippen LogP contribution >= 0.6 is 22.7 Å². The topological polar surface area (TPSA) is 51.5 Å². The summed E-state index contributed by atoms with van der Waals surface area (Å²) in [5, 5.41) is 12.7. The molecule has 0 fully saturated rings. The Hall–Kier alpha value is -2.57. The van der Waals surface area contributed by atoms with E-state index >= 15 is 0 Å². The van der Waals surface area contributed by atoms with Crippen LogP contribution < -0.4 is 4.74 Å². The average Bonchev–Trinajstić information content (AvgIpc) is 3.28. The Morgan fingerprint density at radius 1 is 1.11 bits per heavy atom. The third-order valence-corrected chi connectivity index (χ3v) is 6.52. The smallest absolute Gasteiger partial charge is 0.352 e. The quantitative estimate of drug-likeness (QED) is 0.435. The van der Waals surface area contributed by atoms with Crippen molar-refractivity contribution in [3.63, 3.8) is 0 Å². The van der Waals surface area contributed by atoms with Gasteiger partial charge in [0.25, 0.3) is 0 Å². The number of carboxylic acids is 1. The molecule has 0 unspecified atom stereocenters. The van der Waals surface area contributed by atoms with Crippen molar-refractivity contribution in [2.75, 3.05) is 0 Å². The Morgan fingerprint density at radius 3 is 2.44 bits per heavy atom. The summed E-state index contributed by atoms with van der Waals surface area (Å²) in [5.74, 6) is -0.163. The number of fused-ring (bicyclic) bond motifs is 1. The predicted octanol–water partition coefficient (Wildman–Crippen LogP) is 6.21. The van der Waals surface area contributed by atoms with Crippen LogP contribution in [0.1, 0.15) is 29.9 Å². The van der Waals surface area contributed by atoms with Crippen LogP contribution in [-0.4, -0.2) is 21.7 Å². The van der Waals surface area contributed by atoms with Gasteiger partial charge in [-0.15, -0.1) is 22.7 Å². The number of nitrogens with zero attached hydrogens (tertiary/aromatic N) is 1. The maximum absolute atomic E-state index is 11.8. The van der Waals surface area contributed by atoms with Crippen LogP contribution in [0.5, 0.6) is 5.75 Å². The molecule has 4 rings (SSSR count). The molecular weight excluding hydrogens is 378 g/mol. The molecule has 0 bridgehead atoms. The van der Waals surface area contributed by atoms with Crippen molar-refractivity contribution in [3.8, 4) is 21.2 Å². The van der Waals surface area contributed by atoms with Crippen molar-refractivity contribution in [2.24, 2.45) is 0 Å².